The van der Waals surface area contributed by atoms with Crippen molar-refractivity contribution in [2.75, 3.05) is 7.11 Å². The second kappa shape index (κ2) is 6.16. The van der Waals surface area contributed by atoms with Crippen LogP contribution in [0.15, 0.2) is 27.6 Å². The van der Waals surface area contributed by atoms with E-state index >= 15 is 0 Å². The number of hydrogen-bond donors (Lipinski definition) is 1. The molecule has 19 heavy (non-hydrogen) atoms. The maximum Gasteiger partial charge on any atom is 0.309 e. The van der Waals surface area contributed by atoms with E-state index in [9.17, 15) is 18.0 Å². The minimum absolute atomic E-state index is 0.0492. The Morgan fingerprint density at radius 1 is 1.37 bits per heavy atom. The molecule has 0 unspecified atom stereocenters. The van der Waals surface area contributed by atoms with Crippen LogP contribution in [-0.2, 0) is 30.8 Å². The fourth-order valence-electron chi connectivity index (χ4n) is 1.35. The van der Waals surface area contributed by atoms with Gasteiger partial charge in [0.1, 0.15) is 4.90 Å². The number of rotatable bonds is 4. The van der Waals surface area contributed by atoms with Crippen LogP contribution in [-0.4, -0.2) is 27.4 Å². The fraction of sp³-hybridized carbons (Fsp3) is 0.273. The highest BCUT2D eigenvalue weighted by Crippen LogP contribution is 2.23. The van der Waals surface area contributed by atoms with Crippen LogP contribution < -0.4 is 4.72 Å². The number of methoxy groups -OCH3 is 1. The summed E-state index contributed by atoms with van der Waals surface area (Å²) in [6.07, 6.45) is -0.0492. The van der Waals surface area contributed by atoms with Gasteiger partial charge in [-0.15, -0.1) is 0 Å². The van der Waals surface area contributed by atoms with Crippen LogP contribution in [0.2, 0.25) is 0 Å². The highest BCUT2D eigenvalue weighted by molar-refractivity contribution is 9.10. The van der Waals surface area contributed by atoms with Gasteiger partial charge in [0.15, 0.2) is 0 Å². The SMILES string of the molecule is COC(=O)Cc1ccc(Br)c(S(=O)(=O)NC(C)=O)c1. The first-order chi connectivity index (χ1) is 8.76. The van der Waals surface area contributed by atoms with Crippen LogP contribution in [0.5, 0.6) is 0 Å². The first kappa shape index (κ1) is 15.6. The molecule has 0 spiro atoms. The van der Waals surface area contributed by atoms with Crippen molar-refractivity contribution in [2.45, 2.75) is 18.2 Å². The van der Waals surface area contributed by atoms with E-state index in [1.165, 1.54) is 19.2 Å². The molecule has 0 saturated carbocycles. The molecule has 6 nitrogen and oxygen atoms in total. The molecule has 1 amide bonds. The maximum atomic E-state index is 11.9. The Labute approximate surface area is 119 Å². The Hall–Kier alpha value is -1.41. The van der Waals surface area contributed by atoms with Crippen molar-refractivity contribution in [1.82, 2.24) is 4.72 Å². The molecule has 0 heterocycles. The van der Waals surface area contributed by atoms with Crippen molar-refractivity contribution >= 4 is 37.8 Å². The summed E-state index contributed by atoms with van der Waals surface area (Å²) >= 11 is 3.09. The zero-order valence-electron chi connectivity index (χ0n) is 10.3. The van der Waals surface area contributed by atoms with Gasteiger partial charge in [0.2, 0.25) is 5.91 Å². The lowest BCUT2D eigenvalue weighted by Crippen LogP contribution is -2.28. The van der Waals surface area contributed by atoms with E-state index in [0.29, 0.717) is 10.0 Å². The van der Waals surface area contributed by atoms with Gasteiger partial charge < -0.3 is 4.74 Å². The van der Waals surface area contributed by atoms with Gasteiger partial charge in [-0.1, -0.05) is 6.07 Å². The van der Waals surface area contributed by atoms with Crippen LogP contribution in [0.4, 0.5) is 0 Å². The second-order valence-corrected chi connectivity index (χ2v) is 6.18. The molecule has 1 aromatic rings. The summed E-state index contributed by atoms with van der Waals surface area (Å²) in [5.41, 5.74) is 0.471. The summed E-state index contributed by atoms with van der Waals surface area (Å²) in [7, 11) is -2.71. The Bertz CT molecular complexity index is 612. The molecule has 0 aliphatic rings. The zero-order valence-corrected chi connectivity index (χ0v) is 12.7. The number of esters is 1. The number of amides is 1. The summed E-state index contributed by atoms with van der Waals surface area (Å²) < 4.78 is 30.4. The van der Waals surface area contributed by atoms with Crippen molar-refractivity contribution in [3.8, 4) is 0 Å². The van der Waals surface area contributed by atoms with Gasteiger partial charge in [0, 0.05) is 11.4 Å². The predicted octanol–water partition coefficient (Wildman–Crippen LogP) is 0.989. The number of sulfonamides is 1. The van der Waals surface area contributed by atoms with Gasteiger partial charge in [0.25, 0.3) is 10.0 Å². The number of ether oxygens (including phenoxy) is 1. The number of benzene rings is 1. The lowest BCUT2D eigenvalue weighted by molar-refractivity contribution is -0.139. The summed E-state index contributed by atoms with van der Waals surface area (Å²) in [5.74, 6) is -1.17. The first-order valence-electron chi connectivity index (χ1n) is 5.15. The zero-order chi connectivity index (χ0) is 14.6. The molecule has 0 aromatic heterocycles. The molecule has 0 radical (unpaired) electrons. The Balaban J connectivity index is 3.17. The van der Waals surface area contributed by atoms with E-state index in [2.05, 4.69) is 20.7 Å². The highest BCUT2D eigenvalue weighted by atomic mass is 79.9. The maximum absolute atomic E-state index is 11.9. The topological polar surface area (TPSA) is 89.5 Å². The molecule has 0 bridgehead atoms. The summed E-state index contributed by atoms with van der Waals surface area (Å²) in [4.78, 5) is 21.9. The molecule has 8 heteroatoms. The summed E-state index contributed by atoms with van der Waals surface area (Å²) in [6, 6.07) is 4.40. The molecule has 0 aliphatic heterocycles. The lowest BCUT2D eigenvalue weighted by Gasteiger charge is -2.09. The van der Waals surface area contributed by atoms with E-state index in [0.717, 1.165) is 6.92 Å². The molecule has 104 valence electrons. The lowest BCUT2D eigenvalue weighted by atomic mass is 10.1. The first-order valence-corrected chi connectivity index (χ1v) is 7.42. The molecule has 0 atom stereocenters. The van der Waals surface area contributed by atoms with E-state index < -0.39 is 21.9 Å². The number of halogens is 1. The Morgan fingerprint density at radius 2 is 2.00 bits per heavy atom. The average molecular weight is 350 g/mol. The third-order valence-electron chi connectivity index (χ3n) is 2.14. The van der Waals surface area contributed by atoms with Gasteiger partial charge in [-0.05, 0) is 33.6 Å². The molecule has 1 aromatic carbocycles. The van der Waals surface area contributed by atoms with Gasteiger partial charge in [-0.2, -0.15) is 0 Å². The smallest absolute Gasteiger partial charge is 0.309 e. The minimum atomic E-state index is -3.95. The van der Waals surface area contributed by atoms with E-state index in [-0.39, 0.29) is 11.3 Å². The third kappa shape index (κ3) is 4.32. The van der Waals surface area contributed by atoms with E-state index in [1.807, 2.05) is 4.72 Å². The van der Waals surface area contributed by atoms with Gasteiger partial charge in [-0.3, -0.25) is 9.59 Å². The van der Waals surface area contributed by atoms with Crippen molar-refractivity contribution in [3.05, 3.63) is 28.2 Å². The number of carbonyl (C=O) groups excluding carboxylic acids is 2. The van der Waals surface area contributed by atoms with Crippen molar-refractivity contribution < 1.29 is 22.7 Å². The average Bonchev–Trinajstić information content (AvgIpc) is 2.29. The largest absolute Gasteiger partial charge is 0.469 e. The molecule has 1 N–H and O–H groups in total. The fourth-order valence-corrected chi connectivity index (χ4v) is 3.35. The highest BCUT2D eigenvalue weighted by Gasteiger charge is 2.20. The third-order valence-corrected chi connectivity index (χ3v) is 4.57. The minimum Gasteiger partial charge on any atom is -0.469 e. The van der Waals surface area contributed by atoms with Crippen LogP contribution in [0.1, 0.15) is 12.5 Å². The van der Waals surface area contributed by atoms with Gasteiger partial charge >= 0.3 is 5.97 Å². The Morgan fingerprint density at radius 3 is 2.53 bits per heavy atom. The predicted molar refractivity (Wildman–Crippen MR) is 70.9 cm³/mol. The summed E-state index contributed by atoms with van der Waals surface area (Å²) in [5, 5.41) is 0. The standard InChI is InChI=1S/C11H12BrNO5S/c1-7(14)13-19(16,17)10-5-8(3-4-9(10)12)6-11(15)18-2/h3-5H,6H2,1-2H3,(H,13,14). The summed E-state index contributed by atoms with van der Waals surface area (Å²) in [6.45, 7) is 1.10. The second-order valence-electron chi connectivity index (χ2n) is 3.68. The van der Waals surface area contributed by atoms with Gasteiger partial charge in [-0.25, -0.2) is 13.1 Å². The van der Waals surface area contributed by atoms with E-state index in [1.54, 1.807) is 6.07 Å². The molecular weight excluding hydrogens is 338 g/mol. The molecule has 0 fully saturated rings. The van der Waals surface area contributed by atoms with Crippen LogP contribution in [0.25, 0.3) is 0 Å². The van der Waals surface area contributed by atoms with Crippen LogP contribution >= 0.6 is 15.9 Å². The molecular formula is C11H12BrNO5S. The van der Waals surface area contributed by atoms with Crippen molar-refractivity contribution in [1.29, 1.82) is 0 Å². The van der Waals surface area contributed by atoms with Crippen molar-refractivity contribution in [2.24, 2.45) is 0 Å². The molecule has 1 rings (SSSR count). The van der Waals surface area contributed by atoms with Crippen LogP contribution in [0.3, 0.4) is 0 Å². The van der Waals surface area contributed by atoms with Crippen LogP contribution in [0, 0.1) is 0 Å². The number of hydrogen-bond acceptors (Lipinski definition) is 5. The molecule has 0 saturated heterocycles. The molecule has 0 aliphatic carbocycles. The number of carbonyl (C=O) groups is 2. The Kier molecular flexibility index (Phi) is 5.07. The van der Waals surface area contributed by atoms with Gasteiger partial charge in [0.05, 0.1) is 13.5 Å². The van der Waals surface area contributed by atoms with E-state index in [4.69, 9.17) is 0 Å². The monoisotopic (exact) mass is 349 g/mol. The quantitative estimate of drug-likeness (QED) is 0.818. The van der Waals surface area contributed by atoms with Crippen molar-refractivity contribution in [3.63, 3.8) is 0 Å². The number of nitrogens with one attached hydrogen (secondary N) is 1. The normalized spacial score (nSPS) is 10.9.